The number of benzene rings is 1. The van der Waals surface area contributed by atoms with Gasteiger partial charge in [-0.3, -0.25) is 9.59 Å². The molecule has 1 saturated carbocycles. The van der Waals surface area contributed by atoms with Crippen LogP contribution in [0.25, 0.3) is 0 Å². The predicted octanol–water partition coefficient (Wildman–Crippen LogP) is 4.43. The van der Waals surface area contributed by atoms with Crippen molar-refractivity contribution in [1.29, 1.82) is 0 Å². The highest BCUT2D eigenvalue weighted by Crippen LogP contribution is 2.47. The van der Waals surface area contributed by atoms with Crippen molar-refractivity contribution < 1.29 is 19.5 Å². The van der Waals surface area contributed by atoms with E-state index in [9.17, 15) is 19.5 Å². The average Bonchev–Trinajstić information content (AvgIpc) is 2.65. The Kier molecular flexibility index (Phi) is 7.13. The van der Waals surface area contributed by atoms with Gasteiger partial charge in [0.2, 0.25) is 5.91 Å². The summed E-state index contributed by atoms with van der Waals surface area (Å²) in [7, 11) is 0. The fourth-order valence-electron chi connectivity index (χ4n) is 4.51. The highest BCUT2D eigenvalue weighted by molar-refractivity contribution is 6.31. The van der Waals surface area contributed by atoms with Crippen LogP contribution in [0.1, 0.15) is 64.5 Å². The molecule has 1 aliphatic heterocycles. The Morgan fingerprint density at radius 1 is 1.30 bits per heavy atom. The first-order chi connectivity index (χ1) is 15.3. The zero-order valence-corrected chi connectivity index (χ0v) is 20.5. The lowest BCUT2D eigenvalue weighted by Crippen LogP contribution is -2.56. The van der Waals surface area contributed by atoms with E-state index in [-0.39, 0.29) is 36.2 Å². The molecule has 33 heavy (non-hydrogen) atoms. The van der Waals surface area contributed by atoms with Crippen LogP contribution in [-0.4, -0.2) is 34.5 Å². The first-order valence-electron chi connectivity index (χ1n) is 11.4. The van der Waals surface area contributed by atoms with Crippen molar-refractivity contribution in [3.05, 3.63) is 46.1 Å². The van der Waals surface area contributed by atoms with Crippen molar-refractivity contribution in [3.63, 3.8) is 0 Å². The van der Waals surface area contributed by atoms with Gasteiger partial charge >= 0.3 is 12.0 Å². The number of amides is 3. The Hall–Kier alpha value is -2.54. The second-order valence-electron chi connectivity index (χ2n) is 10.6. The molecular formula is C25H34ClN3O4. The van der Waals surface area contributed by atoms with Crippen molar-refractivity contribution >= 4 is 29.5 Å². The molecule has 7 nitrogen and oxygen atoms in total. The largest absolute Gasteiger partial charge is 0.481 e. The number of aliphatic carboxylic acids is 1. The zero-order valence-electron chi connectivity index (χ0n) is 19.8. The molecular weight excluding hydrogens is 442 g/mol. The summed E-state index contributed by atoms with van der Waals surface area (Å²) < 4.78 is 0. The highest BCUT2D eigenvalue weighted by atomic mass is 35.5. The molecule has 1 atom stereocenters. The Morgan fingerprint density at radius 2 is 1.97 bits per heavy atom. The molecule has 1 aliphatic carbocycles. The molecule has 0 aromatic heterocycles. The van der Waals surface area contributed by atoms with E-state index < -0.39 is 17.4 Å². The normalized spacial score (nSPS) is 25.2. The number of carboxylic acids is 1. The Bertz CT molecular complexity index is 978. The number of nitrogens with one attached hydrogen (secondary N) is 1. The summed E-state index contributed by atoms with van der Waals surface area (Å²) >= 11 is 6.66. The van der Waals surface area contributed by atoms with Gasteiger partial charge in [0.05, 0.1) is 11.5 Å². The fraction of sp³-hybridized carbons (Fsp3) is 0.560. The van der Waals surface area contributed by atoms with Gasteiger partial charge in [-0.2, -0.15) is 0 Å². The molecule has 1 heterocycles. The summed E-state index contributed by atoms with van der Waals surface area (Å²) in [4.78, 5) is 37.0. The summed E-state index contributed by atoms with van der Waals surface area (Å²) in [6, 6.07) is 5.58. The van der Waals surface area contributed by atoms with Gasteiger partial charge in [-0.05, 0) is 66.7 Å². The van der Waals surface area contributed by atoms with E-state index in [2.05, 4.69) is 26.1 Å². The standard InChI is InChI=1S/C25H34ClN3O4/c1-24(2,3)9-7-15-5-6-18(13-20(15)26)25(4)19(16-11-17(12-16)22(31)32)14-29(23(33)28-25)10-8-21(27)30/h5-6,13-14,16-17H,7-12H2,1-4H3,(H2,27,30)(H,28,33)(H,31,32)/t16?,17?,25-/m0/s1. The number of aryl methyl sites for hydroxylation is 1. The van der Waals surface area contributed by atoms with Crippen LogP contribution in [0.3, 0.4) is 0 Å². The number of hydrogen-bond donors (Lipinski definition) is 3. The van der Waals surface area contributed by atoms with Crippen molar-refractivity contribution in [1.82, 2.24) is 10.2 Å². The highest BCUT2D eigenvalue weighted by Gasteiger charge is 2.47. The van der Waals surface area contributed by atoms with Crippen LogP contribution in [0, 0.1) is 17.3 Å². The fourth-order valence-corrected chi connectivity index (χ4v) is 4.78. The molecule has 1 aromatic carbocycles. The maximum atomic E-state index is 12.9. The summed E-state index contributed by atoms with van der Waals surface area (Å²) in [6.45, 7) is 8.67. The van der Waals surface area contributed by atoms with Crippen molar-refractivity contribution in [2.45, 2.75) is 65.3 Å². The third-order valence-corrected chi connectivity index (χ3v) is 7.14. The van der Waals surface area contributed by atoms with Gasteiger partial charge in [0.25, 0.3) is 0 Å². The van der Waals surface area contributed by atoms with E-state index in [1.807, 2.05) is 25.1 Å². The van der Waals surface area contributed by atoms with Gasteiger partial charge in [0, 0.05) is 24.2 Å². The number of halogens is 1. The van der Waals surface area contributed by atoms with Crippen molar-refractivity contribution in [3.8, 4) is 0 Å². The lowest BCUT2D eigenvalue weighted by molar-refractivity contribution is -0.146. The Morgan fingerprint density at radius 3 is 2.52 bits per heavy atom. The molecule has 4 N–H and O–H groups in total. The number of carbonyl (C=O) groups excluding carboxylic acids is 2. The number of nitrogens with zero attached hydrogens (tertiary/aromatic N) is 1. The number of primary amides is 1. The zero-order chi connectivity index (χ0) is 24.6. The SMILES string of the molecule is CC(C)(C)CCc1ccc([C@]2(C)NC(=O)N(CCC(N)=O)C=C2C2CC(C(=O)O)C2)cc1Cl. The predicted molar refractivity (Wildman–Crippen MR) is 128 cm³/mol. The minimum Gasteiger partial charge on any atom is -0.481 e. The van der Waals surface area contributed by atoms with E-state index in [1.165, 1.54) is 4.90 Å². The minimum absolute atomic E-state index is 0.00659. The van der Waals surface area contributed by atoms with Gasteiger partial charge in [-0.25, -0.2) is 4.79 Å². The minimum atomic E-state index is -0.833. The van der Waals surface area contributed by atoms with E-state index in [1.54, 1.807) is 6.20 Å². The number of nitrogens with two attached hydrogens (primary N) is 1. The van der Waals surface area contributed by atoms with E-state index in [0.29, 0.717) is 17.9 Å². The molecule has 180 valence electrons. The third-order valence-electron chi connectivity index (χ3n) is 6.79. The summed E-state index contributed by atoms with van der Waals surface area (Å²) in [5.41, 5.74) is 7.45. The number of rotatable bonds is 8. The number of hydrogen-bond acceptors (Lipinski definition) is 3. The van der Waals surface area contributed by atoms with E-state index >= 15 is 0 Å². The van der Waals surface area contributed by atoms with Crippen molar-refractivity contribution in [2.24, 2.45) is 23.0 Å². The molecule has 0 unspecified atom stereocenters. The maximum Gasteiger partial charge on any atom is 0.322 e. The smallest absolute Gasteiger partial charge is 0.322 e. The van der Waals surface area contributed by atoms with Crippen LogP contribution in [-0.2, 0) is 21.5 Å². The van der Waals surface area contributed by atoms with Crippen molar-refractivity contribution in [2.75, 3.05) is 6.54 Å². The van der Waals surface area contributed by atoms with Gasteiger partial charge in [0.15, 0.2) is 0 Å². The summed E-state index contributed by atoms with van der Waals surface area (Å²) in [5.74, 6) is -1.67. The quantitative estimate of drug-likeness (QED) is 0.516. The molecule has 3 amide bonds. The average molecular weight is 476 g/mol. The monoisotopic (exact) mass is 475 g/mol. The molecule has 2 aliphatic rings. The number of carboxylic acid groups (broad SMARTS) is 1. The third kappa shape index (κ3) is 5.69. The molecule has 1 fully saturated rings. The molecule has 8 heteroatoms. The first kappa shape index (κ1) is 25.1. The molecule has 0 saturated heterocycles. The lowest BCUT2D eigenvalue weighted by Gasteiger charge is -2.47. The van der Waals surface area contributed by atoms with Crippen LogP contribution in [0.15, 0.2) is 30.0 Å². The van der Waals surface area contributed by atoms with E-state index in [4.69, 9.17) is 17.3 Å². The molecule has 3 rings (SSSR count). The molecule has 0 radical (unpaired) electrons. The second-order valence-corrected chi connectivity index (χ2v) is 11.0. The second kappa shape index (κ2) is 9.37. The Labute approximate surface area is 200 Å². The van der Waals surface area contributed by atoms with Crippen LogP contribution in [0.2, 0.25) is 5.02 Å². The van der Waals surface area contributed by atoms with Gasteiger partial charge in [-0.15, -0.1) is 0 Å². The number of urea groups is 1. The van der Waals surface area contributed by atoms with Crippen LogP contribution < -0.4 is 11.1 Å². The lowest BCUT2D eigenvalue weighted by atomic mass is 9.65. The summed E-state index contributed by atoms with van der Waals surface area (Å²) in [5, 5.41) is 13.1. The first-order valence-corrected chi connectivity index (χ1v) is 11.8. The van der Waals surface area contributed by atoms with Gasteiger partial charge < -0.3 is 21.1 Å². The van der Waals surface area contributed by atoms with Crippen LogP contribution in [0.5, 0.6) is 0 Å². The summed E-state index contributed by atoms with van der Waals surface area (Å²) in [6.07, 6.45) is 4.69. The van der Waals surface area contributed by atoms with Crippen LogP contribution in [0.4, 0.5) is 4.79 Å². The topological polar surface area (TPSA) is 113 Å². The molecule has 1 aromatic rings. The van der Waals surface area contributed by atoms with Gasteiger partial charge in [-0.1, -0.05) is 44.5 Å². The number of carbonyl (C=O) groups is 3. The van der Waals surface area contributed by atoms with E-state index in [0.717, 1.165) is 29.5 Å². The Balaban J connectivity index is 1.93. The maximum absolute atomic E-state index is 12.9. The van der Waals surface area contributed by atoms with Crippen LogP contribution >= 0.6 is 11.6 Å². The van der Waals surface area contributed by atoms with Gasteiger partial charge in [0.1, 0.15) is 0 Å². The molecule has 0 spiro atoms. The molecule has 0 bridgehead atoms.